The van der Waals surface area contributed by atoms with E-state index in [1.165, 1.54) is 18.3 Å². The molecule has 146 valence electrons. The standard InChI is InChI=1S/C21H16BrN3O4/c22-20-4-2-1-3-19(20)21(26)24-23-13-15-7-11-18(12-8-15)29-14-16-5-9-17(10-6-16)25(27)28/h1-13H,14H2,(H,24,26)/b23-13+. The lowest BCUT2D eigenvalue weighted by Gasteiger charge is -2.06. The topological polar surface area (TPSA) is 93.8 Å². The van der Waals surface area contributed by atoms with E-state index in [-0.39, 0.29) is 11.6 Å². The second-order valence-corrected chi connectivity index (χ2v) is 6.81. The van der Waals surface area contributed by atoms with Crippen molar-refractivity contribution in [1.29, 1.82) is 0 Å². The highest BCUT2D eigenvalue weighted by Gasteiger charge is 2.07. The number of carbonyl (C=O) groups excluding carboxylic acids is 1. The summed E-state index contributed by atoms with van der Waals surface area (Å²) >= 11 is 3.33. The molecule has 3 aromatic rings. The Morgan fingerprint density at radius 1 is 1.07 bits per heavy atom. The minimum absolute atomic E-state index is 0.0455. The fraction of sp³-hybridized carbons (Fsp3) is 0.0476. The number of hydrogen-bond donors (Lipinski definition) is 1. The van der Waals surface area contributed by atoms with Crippen molar-refractivity contribution in [3.63, 3.8) is 0 Å². The summed E-state index contributed by atoms with van der Waals surface area (Å²) < 4.78 is 6.37. The molecule has 3 rings (SSSR count). The maximum absolute atomic E-state index is 12.1. The third-order valence-electron chi connectivity index (χ3n) is 3.93. The molecule has 7 nitrogen and oxygen atoms in total. The SMILES string of the molecule is O=C(N/N=C/c1ccc(OCc2ccc([N+](=O)[O-])cc2)cc1)c1ccccc1Br. The van der Waals surface area contributed by atoms with E-state index in [1.807, 2.05) is 6.07 Å². The van der Waals surface area contributed by atoms with E-state index in [0.29, 0.717) is 22.4 Å². The van der Waals surface area contributed by atoms with Gasteiger partial charge in [-0.15, -0.1) is 0 Å². The molecule has 0 atom stereocenters. The molecule has 0 saturated carbocycles. The van der Waals surface area contributed by atoms with Crippen molar-refractivity contribution in [2.45, 2.75) is 6.61 Å². The number of ether oxygens (including phenoxy) is 1. The van der Waals surface area contributed by atoms with E-state index >= 15 is 0 Å². The second-order valence-electron chi connectivity index (χ2n) is 5.96. The molecule has 0 bridgehead atoms. The Morgan fingerprint density at radius 3 is 2.41 bits per heavy atom. The quantitative estimate of drug-likeness (QED) is 0.318. The normalized spacial score (nSPS) is 10.7. The smallest absolute Gasteiger partial charge is 0.272 e. The Hall–Kier alpha value is -3.52. The summed E-state index contributed by atoms with van der Waals surface area (Å²) in [6, 6.07) is 20.5. The molecule has 0 aliphatic carbocycles. The number of halogens is 1. The van der Waals surface area contributed by atoms with Crippen LogP contribution in [-0.4, -0.2) is 17.0 Å². The fourth-order valence-electron chi connectivity index (χ4n) is 2.40. The monoisotopic (exact) mass is 453 g/mol. The van der Waals surface area contributed by atoms with Gasteiger partial charge in [0.2, 0.25) is 0 Å². The molecule has 0 aliphatic heterocycles. The van der Waals surface area contributed by atoms with Crippen LogP contribution in [0.3, 0.4) is 0 Å². The van der Waals surface area contributed by atoms with Crippen LogP contribution in [0, 0.1) is 10.1 Å². The molecule has 0 unspecified atom stereocenters. The summed E-state index contributed by atoms with van der Waals surface area (Å²) in [5, 5.41) is 14.6. The summed E-state index contributed by atoms with van der Waals surface area (Å²) in [6.45, 7) is 0.299. The van der Waals surface area contributed by atoms with E-state index in [9.17, 15) is 14.9 Å². The Labute approximate surface area is 175 Å². The summed E-state index contributed by atoms with van der Waals surface area (Å²) in [6.07, 6.45) is 1.54. The summed E-state index contributed by atoms with van der Waals surface area (Å²) in [5.74, 6) is 0.342. The van der Waals surface area contributed by atoms with Crippen LogP contribution < -0.4 is 10.2 Å². The van der Waals surface area contributed by atoms with Crippen LogP contribution in [0.1, 0.15) is 21.5 Å². The van der Waals surface area contributed by atoms with Gasteiger partial charge in [-0.25, -0.2) is 5.43 Å². The largest absolute Gasteiger partial charge is 0.489 e. The average Bonchev–Trinajstić information content (AvgIpc) is 2.73. The molecule has 3 aromatic carbocycles. The summed E-state index contributed by atoms with van der Waals surface area (Å²) in [5.41, 5.74) is 4.65. The second kappa shape index (κ2) is 9.61. The van der Waals surface area contributed by atoms with Crippen molar-refractivity contribution in [3.05, 3.63) is 104 Å². The molecule has 0 radical (unpaired) electrons. The number of hydrazone groups is 1. The lowest BCUT2D eigenvalue weighted by Crippen LogP contribution is -2.18. The molecule has 1 amide bonds. The number of nitro groups is 1. The molecule has 1 N–H and O–H groups in total. The van der Waals surface area contributed by atoms with E-state index in [1.54, 1.807) is 54.6 Å². The van der Waals surface area contributed by atoms with E-state index in [2.05, 4.69) is 26.5 Å². The molecule has 0 saturated heterocycles. The third-order valence-corrected chi connectivity index (χ3v) is 4.62. The zero-order valence-electron chi connectivity index (χ0n) is 15.1. The van der Waals surface area contributed by atoms with Crippen LogP contribution in [0.15, 0.2) is 82.4 Å². The molecule has 0 aliphatic rings. The summed E-state index contributed by atoms with van der Waals surface area (Å²) in [7, 11) is 0. The number of amides is 1. The highest BCUT2D eigenvalue weighted by atomic mass is 79.9. The van der Waals surface area contributed by atoms with Crippen molar-refractivity contribution in [2.75, 3.05) is 0 Å². The van der Waals surface area contributed by atoms with Crippen molar-refractivity contribution in [3.8, 4) is 5.75 Å². The van der Waals surface area contributed by atoms with Crippen LogP contribution in [-0.2, 0) is 6.61 Å². The maximum Gasteiger partial charge on any atom is 0.272 e. The maximum atomic E-state index is 12.1. The first-order valence-corrected chi connectivity index (χ1v) is 9.36. The van der Waals surface area contributed by atoms with Crippen LogP contribution in [0.2, 0.25) is 0 Å². The van der Waals surface area contributed by atoms with Crippen LogP contribution in [0.4, 0.5) is 5.69 Å². The number of nitro benzene ring substituents is 1. The zero-order valence-corrected chi connectivity index (χ0v) is 16.7. The van der Waals surface area contributed by atoms with Gasteiger partial charge >= 0.3 is 0 Å². The number of rotatable bonds is 7. The van der Waals surface area contributed by atoms with Gasteiger partial charge in [0.1, 0.15) is 12.4 Å². The fourth-order valence-corrected chi connectivity index (χ4v) is 2.87. The molecule has 0 spiro atoms. The number of non-ortho nitro benzene ring substituents is 1. The molecule has 0 fully saturated rings. The van der Waals surface area contributed by atoms with Gasteiger partial charge in [-0.05, 0) is 75.6 Å². The molecular weight excluding hydrogens is 438 g/mol. The van der Waals surface area contributed by atoms with Crippen molar-refractivity contribution < 1.29 is 14.5 Å². The molecule has 0 heterocycles. The van der Waals surface area contributed by atoms with Crippen LogP contribution >= 0.6 is 15.9 Å². The van der Waals surface area contributed by atoms with E-state index in [0.717, 1.165) is 11.1 Å². The Bertz CT molecular complexity index is 1030. The van der Waals surface area contributed by atoms with Gasteiger partial charge in [0.25, 0.3) is 11.6 Å². The highest BCUT2D eigenvalue weighted by molar-refractivity contribution is 9.10. The first-order valence-electron chi connectivity index (χ1n) is 8.57. The van der Waals surface area contributed by atoms with Crippen LogP contribution in [0.5, 0.6) is 5.75 Å². The van der Waals surface area contributed by atoms with Gasteiger partial charge in [-0.1, -0.05) is 12.1 Å². The van der Waals surface area contributed by atoms with Crippen molar-refractivity contribution in [1.82, 2.24) is 5.43 Å². The molecule has 0 aromatic heterocycles. The zero-order chi connectivity index (χ0) is 20.6. The number of nitrogens with one attached hydrogen (secondary N) is 1. The minimum atomic E-state index is -0.438. The van der Waals surface area contributed by atoms with E-state index < -0.39 is 4.92 Å². The van der Waals surface area contributed by atoms with Crippen molar-refractivity contribution in [2.24, 2.45) is 5.10 Å². The minimum Gasteiger partial charge on any atom is -0.489 e. The lowest BCUT2D eigenvalue weighted by molar-refractivity contribution is -0.384. The summed E-state index contributed by atoms with van der Waals surface area (Å²) in [4.78, 5) is 22.3. The average molecular weight is 454 g/mol. The van der Waals surface area contributed by atoms with Gasteiger partial charge in [-0.3, -0.25) is 14.9 Å². The number of carbonyl (C=O) groups is 1. The predicted molar refractivity (Wildman–Crippen MR) is 113 cm³/mol. The Balaban J connectivity index is 1.52. The van der Waals surface area contributed by atoms with Crippen LogP contribution in [0.25, 0.3) is 0 Å². The van der Waals surface area contributed by atoms with Gasteiger partial charge < -0.3 is 4.74 Å². The third kappa shape index (κ3) is 5.73. The number of hydrogen-bond acceptors (Lipinski definition) is 5. The van der Waals surface area contributed by atoms with Gasteiger partial charge in [-0.2, -0.15) is 5.10 Å². The van der Waals surface area contributed by atoms with Gasteiger partial charge in [0.05, 0.1) is 16.7 Å². The first-order chi connectivity index (χ1) is 14.0. The molecule has 29 heavy (non-hydrogen) atoms. The predicted octanol–water partition coefficient (Wildman–Crippen LogP) is 4.70. The van der Waals surface area contributed by atoms with E-state index in [4.69, 9.17) is 4.74 Å². The van der Waals surface area contributed by atoms with Gasteiger partial charge in [0, 0.05) is 16.6 Å². The number of benzene rings is 3. The molecule has 8 heteroatoms. The first kappa shape index (κ1) is 20.2. The highest BCUT2D eigenvalue weighted by Crippen LogP contribution is 2.17. The lowest BCUT2D eigenvalue weighted by atomic mass is 10.2. The molecular formula is C21H16BrN3O4. The van der Waals surface area contributed by atoms with Crippen molar-refractivity contribution >= 4 is 33.7 Å². The van der Waals surface area contributed by atoms with Gasteiger partial charge in [0.15, 0.2) is 0 Å². The Kier molecular flexibility index (Phi) is 6.70. The number of nitrogens with zero attached hydrogens (tertiary/aromatic N) is 2. The Morgan fingerprint density at radius 2 is 1.76 bits per heavy atom.